The summed E-state index contributed by atoms with van der Waals surface area (Å²) in [6.45, 7) is 5.36. The smallest absolute Gasteiger partial charge is 0.317 e. The van der Waals surface area contributed by atoms with Crippen LogP contribution < -0.4 is 21.3 Å². The number of hydrogen-bond acceptors (Lipinski definition) is 7. The van der Waals surface area contributed by atoms with Gasteiger partial charge < -0.3 is 31.1 Å². The molecule has 1 aromatic carbocycles. The Kier molecular flexibility index (Phi) is 8.26. The van der Waals surface area contributed by atoms with Crippen molar-refractivity contribution in [2.24, 2.45) is 5.73 Å². The van der Waals surface area contributed by atoms with Gasteiger partial charge in [0.2, 0.25) is 0 Å². The second-order valence-electron chi connectivity index (χ2n) is 10.9. The van der Waals surface area contributed by atoms with Gasteiger partial charge in [0, 0.05) is 37.9 Å². The van der Waals surface area contributed by atoms with Crippen LogP contribution in [-0.4, -0.2) is 84.1 Å². The van der Waals surface area contributed by atoms with Crippen molar-refractivity contribution in [1.82, 2.24) is 25.1 Å². The number of carbonyl (C=O) groups excluding carboxylic acids is 2. The molecule has 10 heteroatoms. The maximum atomic E-state index is 12.7. The van der Waals surface area contributed by atoms with Crippen molar-refractivity contribution in [3.8, 4) is 0 Å². The van der Waals surface area contributed by atoms with Crippen LogP contribution in [0, 0.1) is 0 Å². The van der Waals surface area contributed by atoms with Crippen molar-refractivity contribution < 1.29 is 9.59 Å². The van der Waals surface area contributed by atoms with Crippen LogP contribution in [0.4, 0.5) is 22.1 Å². The maximum Gasteiger partial charge on any atom is 0.317 e. The van der Waals surface area contributed by atoms with E-state index < -0.39 is 5.91 Å². The van der Waals surface area contributed by atoms with Crippen LogP contribution in [0.5, 0.6) is 0 Å². The number of likely N-dealkylation sites (tertiary alicyclic amines) is 2. The Labute approximate surface area is 225 Å². The molecule has 0 saturated carbocycles. The van der Waals surface area contributed by atoms with Crippen molar-refractivity contribution in [2.75, 3.05) is 56.5 Å². The molecule has 38 heavy (non-hydrogen) atoms. The molecule has 4 heterocycles. The fourth-order valence-corrected chi connectivity index (χ4v) is 5.78. The lowest BCUT2D eigenvalue weighted by atomic mass is 9.89. The summed E-state index contributed by atoms with van der Waals surface area (Å²) >= 11 is 0. The number of aromatic nitrogens is 2. The van der Waals surface area contributed by atoms with Crippen molar-refractivity contribution in [3.05, 3.63) is 41.7 Å². The number of rotatable bonds is 6. The van der Waals surface area contributed by atoms with Gasteiger partial charge in [0.05, 0.1) is 6.20 Å². The first kappa shape index (κ1) is 26.2. The molecule has 0 spiro atoms. The zero-order valence-electron chi connectivity index (χ0n) is 22.4. The number of urea groups is 1. The fraction of sp³-hybridized carbons (Fsp3) is 0.571. The lowest BCUT2D eigenvalue weighted by Crippen LogP contribution is -2.52. The third-order valence-electron chi connectivity index (χ3n) is 8.07. The Morgan fingerprint density at radius 1 is 0.947 bits per heavy atom. The highest BCUT2D eigenvalue weighted by molar-refractivity contribution is 5.96. The molecule has 1 atom stereocenters. The normalized spacial score (nSPS) is 21.2. The quantitative estimate of drug-likeness (QED) is 0.535. The van der Waals surface area contributed by atoms with E-state index in [-0.39, 0.29) is 17.8 Å². The van der Waals surface area contributed by atoms with E-state index in [0.29, 0.717) is 24.1 Å². The van der Waals surface area contributed by atoms with Gasteiger partial charge in [-0.3, -0.25) is 4.79 Å². The van der Waals surface area contributed by atoms with E-state index in [4.69, 9.17) is 10.7 Å². The van der Waals surface area contributed by atoms with Crippen molar-refractivity contribution >= 4 is 29.3 Å². The topological polar surface area (TPSA) is 120 Å². The summed E-state index contributed by atoms with van der Waals surface area (Å²) in [5, 5.41) is 6.48. The Morgan fingerprint density at radius 2 is 1.68 bits per heavy atom. The Morgan fingerprint density at radius 3 is 2.39 bits per heavy atom. The Balaban J connectivity index is 1.26. The van der Waals surface area contributed by atoms with Gasteiger partial charge in [-0.25, -0.2) is 14.8 Å². The molecule has 3 amide bonds. The number of hydrogen-bond donors (Lipinski definition) is 3. The molecule has 0 aliphatic carbocycles. The van der Waals surface area contributed by atoms with Crippen LogP contribution in [0.3, 0.4) is 0 Å². The SMILES string of the molecule is CN1CCC(c2ccc(Nc3nc(N4CCC[C@@H](NC(=O)N5CCCCC5)C4)cnc3C(N)=O)cc2)CC1. The minimum atomic E-state index is -0.625. The fourth-order valence-electron chi connectivity index (χ4n) is 5.78. The highest BCUT2D eigenvalue weighted by Crippen LogP contribution is 2.29. The molecule has 0 unspecified atom stereocenters. The van der Waals surface area contributed by atoms with Gasteiger partial charge in [0.15, 0.2) is 11.5 Å². The predicted octanol–water partition coefficient (Wildman–Crippen LogP) is 3.29. The molecule has 10 nitrogen and oxygen atoms in total. The van der Waals surface area contributed by atoms with Gasteiger partial charge in [-0.05, 0) is 88.7 Å². The monoisotopic (exact) mass is 520 g/mol. The minimum Gasteiger partial charge on any atom is -0.364 e. The molecule has 1 aromatic heterocycles. The molecule has 2 aromatic rings. The second kappa shape index (κ2) is 12.0. The summed E-state index contributed by atoms with van der Waals surface area (Å²) < 4.78 is 0. The standard InChI is InChI=1S/C28H40N8O2/c1-34-16-11-21(12-17-34)20-7-9-22(10-8-20)31-27-25(26(29)37)30-18-24(33-27)36-15-5-6-23(19-36)32-28(38)35-13-3-2-4-14-35/h7-10,18,21,23H,2-6,11-17,19H2,1H3,(H2,29,37)(H,31,33)(H,32,38)/t23-/m1/s1. The van der Waals surface area contributed by atoms with Crippen LogP contribution in [0.15, 0.2) is 30.5 Å². The molecule has 3 saturated heterocycles. The first-order valence-electron chi connectivity index (χ1n) is 14.0. The van der Waals surface area contributed by atoms with Gasteiger partial charge in [0.1, 0.15) is 5.82 Å². The van der Waals surface area contributed by atoms with Crippen LogP contribution in [-0.2, 0) is 0 Å². The molecule has 4 N–H and O–H groups in total. The maximum absolute atomic E-state index is 12.7. The predicted molar refractivity (Wildman–Crippen MR) is 149 cm³/mol. The van der Waals surface area contributed by atoms with E-state index in [1.807, 2.05) is 17.0 Å². The lowest BCUT2D eigenvalue weighted by Gasteiger charge is -2.36. The summed E-state index contributed by atoms with van der Waals surface area (Å²) in [6.07, 6.45) is 9.13. The molecular weight excluding hydrogens is 480 g/mol. The molecule has 5 rings (SSSR count). The van der Waals surface area contributed by atoms with E-state index >= 15 is 0 Å². The summed E-state index contributed by atoms with van der Waals surface area (Å²) in [5.41, 5.74) is 7.91. The number of nitrogens with one attached hydrogen (secondary N) is 2. The van der Waals surface area contributed by atoms with E-state index in [1.54, 1.807) is 6.20 Å². The van der Waals surface area contributed by atoms with Crippen molar-refractivity contribution in [2.45, 2.75) is 56.9 Å². The lowest BCUT2D eigenvalue weighted by molar-refractivity contribution is 0.0996. The first-order valence-corrected chi connectivity index (χ1v) is 14.0. The van der Waals surface area contributed by atoms with E-state index in [2.05, 4.69) is 44.6 Å². The molecule has 0 radical (unpaired) electrons. The molecular formula is C28H40N8O2. The second-order valence-corrected chi connectivity index (χ2v) is 10.9. The minimum absolute atomic E-state index is 0.0257. The van der Waals surface area contributed by atoms with E-state index in [1.165, 1.54) is 12.0 Å². The molecule has 0 bridgehead atoms. The first-order chi connectivity index (χ1) is 18.5. The van der Waals surface area contributed by atoms with Crippen LogP contribution in [0.2, 0.25) is 0 Å². The number of nitrogens with two attached hydrogens (primary N) is 1. The summed E-state index contributed by atoms with van der Waals surface area (Å²) in [5.74, 6) is 0.964. The van der Waals surface area contributed by atoms with Gasteiger partial charge in [-0.15, -0.1) is 0 Å². The van der Waals surface area contributed by atoms with Gasteiger partial charge in [0.25, 0.3) is 5.91 Å². The Hall–Kier alpha value is -3.40. The van der Waals surface area contributed by atoms with Crippen molar-refractivity contribution in [1.29, 1.82) is 0 Å². The number of nitrogens with zero attached hydrogens (tertiary/aromatic N) is 5. The third-order valence-corrected chi connectivity index (χ3v) is 8.07. The summed E-state index contributed by atoms with van der Waals surface area (Å²) in [7, 11) is 2.17. The number of piperidine rings is 3. The zero-order chi connectivity index (χ0) is 26.5. The number of benzene rings is 1. The van der Waals surface area contributed by atoms with Crippen LogP contribution in [0.1, 0.15) is 66.9 Å². The molecule has 3 aliphatic heterocycles. The largest absolute Gasteiger partial charge is 0.364 e. The average molecular weight is 521 g/mol. The van der Waals surface area contributed by atoms with Gasteiger partial charge >= 0.3 is 6.03 Å². The average Bonchev–Trinajstić information content (AvgIpc) is 2.94. The number of anilines is 3. The number of carbonyl (C=O) groups is 2. The van der Waals surface area contributed by atoms with Crippen LogP contribution >= 0.6 is 0 Å². The van der Waals surface area contributed by atoms with Crippen molar-refractivity contribution in [3.63, 3.8) is 0 Å². The third kappa shape index (κ3) is 6.35. The number of primary amides is 1. The van der Waals surface area contributed by atoms with Gasteiger partial charge in [-0.1, -0.05) is 12.1 Å². The molecule has 3 fully saturated rings. The van der Waals surface area contributed by atoms with Crippen LogP contribution in [0.25, 0.3) is 0 Å². The van der Waals surface area contributed by atoms with Gasteiger partial charge in [-0.2, -0.15) is 0 Å². The van der Waals surface area contributed by atoms with E-state index in [9.17, 15) is 9.59 Å². The molecule has 204 valence electrons. The summed E-state index contributed by atoms with van der Waals surface area (Å²) in [4.78, 5) is 40.4. The Bertz CT molecular complexity index is 1110. The number of amides is 3. The highest BCUT2D eigenvalue weighted by Gasteiger charge is 2.26. The summed E-state index contributed by atoms with van der Waals surface area (Å²) in [6, 6.07) is 8.43. The van der Waals surface area contributed by atoms with E-state index in [0.717, 1.165) is 76.9 Å². The molecule has 3 aliphatic rings. The zero-order valence-corrected chi connectivity index (χ0v) is 22.4. The highest BCUT2D eigenvalue weighted by atomic mass is 16.2.